The number of piperazine rings is 1. The summed E-state index contributed by atoms with van der Waals surface area (Å²) in [5, 5.41) is 0.163. The van der Waals surface area contributed by atoms with Crippen molar-refractivity contribution in [2.45, 2.75) is 0 Å². The Hall–Kier alpha value is -1.69. The molecule has 0 aromatic carbocycles. The first-order valence-corrected chi connectivity index (χ1v) is 5.46. The lowest BCUT2D eigenvalue weighted by Gasteiger charge is -2.31. The van der Waals surface area contributed by atoms with Gasteiger partial charge in [-0.2, -0.15) is 0 Å². The summed E-state index contributed by atoms with van der Waals surface area (Å²) in [7, 11) is 1.71. The normalized spacial score (nSPS) is 16.2. The van der Waals surface area contributed by atoms with Crippen LogP contribution in [0, 0.1) is 0 Å². The van der Waals surface area contributed by atoms with Crippen LogP contribution >= 0.6 is 11.6 Å². The standard InChI is InChI=1S/C10H11ClN4O2/c1-14-2-3-15(6-9(14)16)10(17)7-4-12-5-8(11)13-7/h4-5H,2-3,6H2,1H3. The maximum Gasteiger partial charge on any atom is 0.274 e. The minimum absolute atomic E-state index is 0.0729. The summed E-state index contributed by atoms with van der Waals surface area (Å²) < 4.78 is 0. The number of rotatable bonds is 1. The van der Waals surface area contributed by atoms with Crippen LogP contribution in [-0.4, -0.2) is 58.3 Å². The van der Waals surface area contributed by atoms with Gasteiger partial charge in [-0.05, 0) is 0 Å². The van der Waals surface area contributed by atoms with E-state index in [0.717, 1.165) is 0 Å². The molecule has 90 valence electrons. The van der Waals surface area contributed by atoms with Crippen LogP contribution in [-0.2, 0) is 4.79 Å². The Morgan fingerprint density at radius 1 is 1.41 bits per heavy atom. The van der Waals surface area contributed by atoms with Crippen molar-refractivity contribution in [3.8, 4) is 0 Å². The van der Waals surface area contributed by atoms with Crippen LogP contribution in [0.5, 0.6) is 0 Å². The van der Waals surface area contributed by atoms with E-state index in [1.165, 1.54) is 17.3 Å². The summed E-state index contributed by atoms with van der Waals surface area (Å²) in [4.78, 5) is 34.2. The van der Waals surface area contributed by atoms with Gasteiger partial charge < -0.3 is 9.80 Å². The third-order valence-corrected chi connectivity index (χ3v) is 2.75. The molecule has 1 fully saturated rings. The number of hydrogen-bond acceptors (Lipinski definition) is 4. The van der Waals surface area contributed by atoms with Crippen molar-refractivity contribution in [2.75, 3.05) is 26.7 Å². The zero-order valence-electron chi connectivity index (χ0n) is 9.26. The van der Waals surface area contributed by atoms with E-state index in [-0.39, 0.29) is 29.2 Å². The number of amides is 2. The molecule has 0 aliphatic carbocycles. The van der Waals surface area contributed by atoms with Gasteiger partial charge in [-0.25, -0.2) is 4.98 Å². The minimum Gasteiger partial charge on any atom is -0.342 e. The number of carbonyl (C=O) groups is 2. The summed E-state index contributed by atoms with van der Waals surface area (Å²) in [5.74, 6) is -0.402. The van der Waals surface area contributed by atoms with Gasteiger partial charge in [0.05, 0.1) is 12.4 Å². The zero-order valence-corrected chi connectivity index (χ0v) is 10.0. The average Bonchev–Trinajstić information content (AvgIpc) is 2.32. The molecular weight excluding hydrogens is 244 g/mol. The zero-order chi connectivity index (χ0) is 12.4. The second kappa shape index (κ2) is 4.67. The SMILES string of the molecule is CN1CCN(C(=O)c2cncc(Cl)n2)CC1=O. The van der Waals surface area contributed by atoms with Crippen molar-refractivity contribution in [1.29, 1.82) is 0 Å². The molecule has 0 bridgehead atoms. The van der Waals surface area contributed by atoms with E-state index in [1.807, 2.05) is 0 Å². The number of aromatic nitrogens is 2. The molecule has 1 saturated heterocycles. The molecule has 1 aliphatic heterocycles. The van der Waals surface area contributed by atoms with Crippen molar-refractivity contribution in [2.24, 2.45) is 0 Å². The van der Waals surface area contributed by atoms with Gasteiger partial charge in [0.2, 0.25) is 5.91 Å². The van der Waals surface area contributed by atoms with E-state index in [0.29, 0.717) is 13.1 Å². The fraction of sp³-hybridized carbons (Fsp3) is 0.400. The molecule has 6 nitrogen and oxygen atoms in total. The first kappa shape index (κ1) is 11.8. The number of hydrogen-bond donors (Lipinski definition) is 0. The lowest BCUT2D eigenvalue weighted by Crippen LogP contribution is -2.50. The van der Waals surface area contributed by atoms with E-state index in [4.69, 9.17) is 11.6 Å². The Kier molecular flexibility index (Phi) is 3.23. The Labute approximate surface area is 103 Å². The Bertz CT molecular complexity index is 465. The summed E-state index contributed by atoms with van der Waals surface area (Å²) in [5.41, 5.74) is 0.162. The number of nitrogens with zero attached hydrogens (tertiary/aromatic N) is 4. The molecule has 1 aliphatic rings. The van der Waals surface area contributed by atoms with Gasteiger partial charge >= 0.3 is 0 Å². The van der Waals surface area contributed by atoms with Gasteiger partial charge in [0.15, 0.2) is 0 Å². The maximum atomic E-state index is 12.0. The molecule has 0 N–H and O–H groups in total. The van der Waals surface area contributed by atoms with E-state index in [2.05, 4.69) is 9.97 Å². The highest BCUT2D eigenvalue weighted by Crippen LogP contribution is 2.08. The summed E-state index contributed by atoms with van der Waals surface area (Å²) >= 11 is 5.66. The van der Waals surface area contributed by atoms with Crippen LogP contribution in [0.4, 0.5) is 0 Å². The average molecular weight is 255 g/mol. The molecule has 2 rings (SSSR count). The lowest BCUT2D eigenvalue weighted by molar-refractivity contribution is -0.133. The second-order valence-corrected chi connectivity index (χ2v) is 4.16. The van der Waals surface area contributed by atoms with Crippen LogP contribution in [0.2, 0.25) is 5.15 Å². The van der Waals surface area contributed by atoms with E-state index in [1.54, 1.807) is 11.9 Å². The van der Waals surface area contributed by atoms with Gasteiger partial charge in [-0.3, -0.25) is 14.6 Å². The van der Waals surface area contributed by atoms with Crippen molar-refractivity contribution in [3.05, 3.63) is 23.2 Å². The molecule has 2 amide bonds. The monoisotopic (exact) mass is 254 g/mol. The van der Waals surface area contributed by atoms with Gasteiger partial charge in [0.1, 0.15) is 17.4 Å². The predicted molar refractivity (Wildman–Crippen MR) is 60.6 cm³/mol. The molecule has 7 heteroatoms. The van der Waals surface area contributed by atoms with E-state index < -0.39 is 0 Å². The molecule has 1 aromatic heterocycles. The maximum absolute atomic E-state index is 12.0. The van der Waals surface area contributed by atoms with Crippen LogP contribution in [0.15, 0.2) is 12.4 Å². The predicted octanol–water partition coefficient (Wildman–Crippen LogP) is 0.0442. The topological polar surface area (TPSA) is 66.4 Å². The molecule has 0 unspecified atom stereocenters. The Morgan fingerprint density at radius 3 is 2.82 bits per heavy atom. The number of likely N-dealkylation sites (N-methyl/N-ethyl adjacent to an activating group) is 1. The highest BCUT2D eigenvalue weighted by molar-refractivity contribution is 6.29. The molecule has 0 saturated carbocycles. The highest BCUT2D eigenvalue weighted by Gasteiger charge is 2.26. The van der Waals surface area contributed by atoms with Crippen LogP contribution in [0.25, 0.3) is 0 Å². The number of carbonyl (C=O) groups excluding carboxylic acids is 2. The largest absolute Gasteiger partial charge is 0.342 e. The third kappa shape index (κ3) is 2.52. The smallest absolute Gasteiger partial charge is 0.274 e. The fourth-order valence-corrected chi connectivity index (χ4v) is 1.69. The molecule has 0 spiro atoms. The number of halogens is 1. The highest BCUT2D eigenvalue weighted by atomic mass is 35.5. The quantitative estimate of drug-likeness (QED) is 0.710. The van der Waals surface area contributed by atoms with Crippen LogP contribution in [0.1, 0.15) is 10.5 Å². The summed E-state index contributed by atoms with van der Waals surface area (Å²) in [6, 6.07) is 0. The van der Waals surface area contributed by atoms with Crippen molar-refractivity contribution in [1.82, 2.24) is 19.8 Å². The first-order chi connectivity index (χ1) is 8.08. The lowest BCUT2D eigenvalue weighted by atomic mass is 10.3. The third-order valence-electron chi connectivity index (χ3n) is 2.57. The van der Waals surface area contributed by atoms with Crippen molar-refractivity contribution in [3.63, 3.8) is 0 Å². The molecule has 0 atom stereocenters. The second-order valence-electron chi connectivity index (χ2n) is 3.77. The van der Waals surface area contributed by atoms with E-state index >= 15 is 0 Å². The van der Waals surface area contributed by atoms with Gasteiger partial charge in [-0.1, -0.05) is 11.6 Å². The molecular formula is C10H11ClN4O2. The molecule has 17 heavy (non-hydrogen) atoms. The van der Waals surface area contributed by atoms with E-state index in [9.17, 15) is 9.59 Å². The van der Waals surface area contributed by atoms with Crippen molar-refractivity contribution < 1.29 is 9.59 Å². The Morgan fingerprint density at radius 2 is 2.18 bits per heavy atom. The summed E-state index contributed by atoms with van der Waals surface area (Å²) in [6.45, 7) is 1.09. The van der Waals surface area contributed by atoms with Crippen LogP contribution < -0.4 is 0 Å². The van der Waals surface area contributed by atoms with Crippen LogP contribution in [0.3, 0.4) is 0 Å². The summed E-state index contributed by atoms with van der Waals surface area (Å²) in [6.07, 6.45) is 2.70. The molecule has 1 aromatic rings. The molecule has 2 heterocycles. The van der Waals surface area contributed by atoms with Crippen molar-refractivity contribution >= 4 is 23.4 Å². The van der Waals surface area contributed by atoms with Gasteiger partial charge in [0, 0.05) is 20.1 Å². The van der Waals surface area contributed by atoms with Gasteiger partial charge in [0.25, 0.3) is 5.91 Å². The first-order valence-electron chi connectivity index (χ1n) is 5.08. The Balaban J connectivity index is 2.13. The van der Waals surface area contributed by atoms with Gasteiger partial charge in [-0.15, -0.1) is 0 Å². The molecule has 0 radical (unpaired) electrons. The minimum atomic E-state index is -0.318. The fourth-order valence-electron chi connectivity index (χ4n) is 1.54.